The van der Waals surface area contributed by atoms with Gasteiger partial charge in [0.25, 0.3) is 0 Å². The highest BCUT2D eigenvalue weighted by Crippen LogP contribution is 2.20. The van der Waals surface area contributed by atoms with E-state index in [4.69, 9.17) is 0 Å². The standard InChI is InChI=1S/C17H18BrFN2O2S/c18-15-7-6-14(17(19)12-15)13-20-8-10-21(11-9-20)24(22,23)16-4-2-1-3-5-16/h1-7,12H,8-11,13H2. The second-order valence-electron chi connectivity index (χ2n) is 5.73. The van der Waals surface area contributed by atoms with Crippen molar-refractivity contribution in [3.63, 3.8) is 0 Å². The van der Waals surface area contributed by atoms with Gasteiger partial charge in [0.2, 0.25) is 10.0 Å². The smallest absolute Gasteiger partial charge is 0.243 e. The number of hydrogen-bond acceptors (Lipinski definition) is 3. The van der Waals surface area contributed by atoms with Gasteiger partial charge < -0.3 is 0 Å². The van der Waals surface area contributed by atoms with Gasteiger partial charge in [0.15, 0.2) is 0 Å². The Labute approximate surface area is 150 Å². The third-order valence-electron chi connectivity index (χ3n) is 4.12. The van der Waals surface area contributed by atoms with Crippen molar-refractivity contribution >= 4 is 26.0 Å². The summed E-state index contributed by atoms with van der Waals surface area (Å²) in [5, 5.41) is 0. The van der Waals surface area contributed by atoms with Crippen LogP contribution in [0.25, 0.3) is 0 Å². The van der Waals surface area contributed by atoms with Crippen LogP contribution in [-0.4, -0.2) is 43.8 Å². The van der Waals surface area contributed by atoms with E-state index in [1.165, 1.54) is 10.4 Å². The van der Waals surface area contributed by atoms with Crippen molar-refractivity contribution in [1.82, 2.24) is 9.21 Å². The molecule has 7 heteroatoms. The van der Waals surface area contributed by atoms with Gasteiger partial charge in [-0.1, -0.05) is 40.2 Å². The van der Waals surface area contributed by atoms with Crippen LogP contribution in [-0.2, 0) is 16.6 Å². The molecule has 0 aliphatic carbocycles. The van der Waals surface area contributed by atoms with Gasteiger partial charge in [0.1, 0.15) is 5.82 Å². The molecule has 24 heavy (non-hydrogen) atoms. The molecule has 1 aliphatic rings. The highest BCUT2D eigenvalue weighted by Gasteiger charge is 2.28. The number of halogens is 2. The molecule has 1 aliphatic heterocycles. The highest BCUT2D eigenvalue weighted by molar-refractivity contribution is 9.10. The van der Waals surface area contributed by atoms with Gasteiger partial charge >= 0.3 is 0 Å². The van der Waals surface area contributed by atoms with Crippen LogP contribution in [0.2, 0.25) is 0 Å². The third kappa shape index (κ3) is 3.85. The molecule has 0 unspecified atom stereocenters. The zero-order valence-corrected chi connectivity index (χ0v) is 15.4. The quantitative estimate of drug-likeness (QED) is 0.774. The molecular weight excluding hydrogens is 395 g/mol. The van der Waals surface area contributed by atoms with Crippen LogP contribution in [0, 0.1) is 5.82 Å². The summed E-state index contributed by atoms with van der Waals surface area (Å²) in [5.74, 6) is -0.247. The molecule has 0 bridgehead atoms. The van der Waals surface area contributed by atoms with Crippen LogP contribution in [0.15, 0.2) is 57.9 Å². The van der Waals surface area contributed by atoms with Gasteiger partial charge in [0, 0.05) is 42.8 Å². The molecule has 0 amide bonds. The Morgan fingerprint density at radius 1 is 1.00 bits per heavy atom. The third-order valence-corrected chi connectivity index (χ3v) is 6.53. The van der Waals surface area contributed by atoms with Crippen molar-refractivity contribution < 1.29 is 12.8 Å². The monoisotopic (exact) mass is 412 g/mol. The minimum atomic E-state index is -3.45. The van der Waals surface area contributed by atoms with Gasteiger partial charge in [-0.3, -0.25) is 4.90 Å². The molecule has 128 valence electrons. The number of nitrogens with zero attached hydrogens (tertiary/aromatic N) is 2. The van der Waals surface area contributed by atoms with Crippen LogP contribution in [0.3, 0.4) is 0 Å². The Kier molecular flexibility index (Phi) is 5.34. The molecule has 0 aromatic heterocycles. The fourth-order valence-corrected chi connectivity index (χ4v) is 4.54. The van der Waals surface area contributed by atoms with E-state index in [1.807, 2.05) is 6.07 Å². The number of benzene rings is 2. The van der Waals surface area contributed by atoms with Crippen molar-refractivity contribution in [2.45, 2.75) is 11.4 Å². The summed E-state index contributed by atoms with van der Waals surface area (Å²) in [4.78, 5) is 2.39. The fourth-order valence-electron chi connectivity index (χ4n) is 2.76. The normalized spacial score (nSPS) is 17.1. The maximum Gasteiger partial charge on any atom is 0.243 e. The Hall–Kier alpha value is -1.28. The molecule has 2 aromatic carbocycles. The van der Waals surface area contributed by atoms with Crippen molar-refractivity contribution in [1.29, 1.82) is 0 Å². The highest BCUT2D eigenvalue weighted by atomic mass is 79.9. The number of sulfonamides is 1. The van der Waals surface area contributed by atoms with Gasteiger partial charge in [-0.2, -0.15) is 4.31 Å². The SMILES string of the molecule is O=S(=O)(c1ccccc1)N1CCN(Cc2ccc(Br)cc2F)CC1. The molecule has 2 aromatic rings. The molecule has 1 heterocycles. The van der Waals surface area contributed by atoms with Crippen molar-refractivity contribution in [2.24, 2.45) is 0 Å². The van der Waals surface area contributed by atoms with Crippen LogP contribution in [0.1, 0.15) is 5.56 Å². The van der Waals surface area contributed by atoms with Crippen molar-refractivity contribution in [3.8, 4) is 0 Å². The Morgan fingerprint density at radius 2 is 1.67 bits per heavy atom. The zero-order valence-electron chi connectivity index (χ0n) is 13.0. The number of rotatable bonds is 4. The van der Waals surface area contributed by atoms with E-state index in [9.17, 15) is 12.8 Å². The van der Waals surface area contributed by atoms with Gasteiger partial charge in [-0.25, -0.2) is 12.8 Å². The first-order valence-corrected chi connectivity index (χ1v) is 9.91. The molecule has 3 rings (SSSR count). The summed E-state index contributed by atoms with van der Waals surface area (Å²) in [6.45, 7) is 2.48. The minimum absolute atomic E-state index is 0.247. The molecule has 1 fully saturated rings. The van der Waals surface area contributed by atoms with Crippen molar-refractivity contribution in [2.75, 3.05) is 26.2 Å². The van der Waals surface area contributed by atoms with Gasteiger partial charge in [-0.15, -0.1) is 0 Å². The molecule has 0 atom stereocenters. The minimum Gasteiger partial charge on any atom is -0.296 e. The molecule has 0 N–H and O–H groups in total. The lowest BCUT2D eigenvalue weighted by atomic mass is 10.2. The van der Waals surface area contributed by atoms with E-state index in [1.54, 1.807) is 36.4 Å². The molecule has 1 saturated heterocycles. The summed E-state index contributed by atoms with van der Waals surface area (Å²) in [5.41, 5.74) is 0.623. The fraction of sp³-hybridized carbons (Fsp3) is 0.294. The average molecular weight is 413 g/mol. The summed E-state index contributed by atoms with van der Waals surface area (Å²) in [7, 11) is -3.45. The molecule has 0 spiro atoms. The Bertz CT molecular complexity index is 807. The Morgan fingerprint density at radius 3 is 2.29 bits per heavy atom. The summed E-state index contributed by atoms with van der Waals surface area (Å²) in [6.07, 6.45) is 0. The van der Waals surface area contributed by atoms with Crippen LogP contribution in [0.5, 0.6) is 0 Å². The first-order chi connectivity index (χ1) is 11.5. The number of piperazine rings is 1. The Balaban J connectivity index is 1.64. The lowest BCUT2D eigenvalue weighted by Gasteiger charge is -2.34. The average Bonchev–Trinajstić information content (AvgIpc) is 2.59. The molecule has 4 nitrogen and oxygen atoms in total. The van der Waals surface area contributed by atoms with Gasteiger partial charge in [-0.05, 0) is 24.3 Å². The van der Waals surface area contributed by atoms with E-state index < -0.39 is 10.0 Å². The van der Waals surface area contributed by atoms with E-state index >= 15 is 0 Å². The summed E-state index contributed by atoms with van der Waals surface area (Å²) >= 11 is 3.25. The second-order valence-corrected chi connectivity index (χ2v) is 8.58. The van der Waals surface area contributed by atoms with Gasteiger partial charge in [0.05, 0.1) is 4.90 Å². The first kappa shape index (κ1) is 17.5. The second kappa shape index (κ2) is 7.31. The maximum atomic E-state index is 13.9. The molecule has 0 saturated carbocycles. The summed E-state index contributed by atoms with van der Waals surface area (Å²) < 4.78 is 41.3. The van der Waals surface area contributed by atoms with Crippen LogP contribution >= 0.6 is 15.9 Å². The van der Waals surface area contributed by atoms with E-state index in [2.05, 4.69) is 20.8 Å². The van der Waals surface area contributed by atoms with Crippen LogP contribution in [0.4, 0.5) is 4.39 Å². The van der Waals surface area contributed by atoms with E-state index in [-0.39, 0.29) is 5.82 Å². The lowest BCUT2D eigenvalue weighted by Crippen LogP contribution is -2.48. The molecular formula is C17H18BrFN2O2S. The van der Waals surface area contributed by atoms with E-state index in [0.29, 0.717) is 47.7 Å². The first-order valence-electron chi connectivity index (χ1n) is 7.68. The predicted molar refractivity (Wildman–Crippen MR) is 94.6 cm³/mol. The van der Waals surface area contributed by atoms with Crippen molar-refractivity contribution in [3.05, 3.63) is 64.4 Å². The number of hydrogen-bond donors (Lipinski definition) is 0. The predicted octanol–water partition coefficient (Wildman–Crippen LogP) is 3.09. The lowest BCUT2D eigenvalue weighted by molar-refractivity contribution is 0.180. The largest absolute Gasteiger partial charge is 0.296 e. The maximum absolute atomic E-state index is 13.9. The zero-order chi connectivity index (χ0) is 17.2. The summed E-state index contributed by atoms with van der Waals surface area (Å²) in [6, 6.07) is 13.5. The van der Waals surface area contributed by atoms with E-state index in [0.717, 1.165) is 0 Å². The topological polar surface area (TPSA) is 40.6 Å². The molecule has 0 radical (unpaired) electrons. The van der Waals surface area contributed by atoms with Crippen LogP contribution < -0.4 is 0 Å².